The van der Waals surface area contributed by atoms with Crippen LogP contribution in [0.5, 0.6) is 11.5 Å². The lowest BCUT2D eigenvalue weighted by molar-refractivity contribution is 0.0734. The summed E-state index contributed by atoms with van der Waals surface area (Å²) in [6.07, 6.45) is 7.96. The number of aryl methyl sites for hydroxylation is 1. The Labute approximate surface area is 155 Å². The highest BCUT2D eigenvalue weighted by Gasteiger charge is 2.30. The van der Waals surface area contributed by atoms with E-state index >= 15 is 0 Å². The normalized spacial score (nSPS) is 14.0. The number of fused-ring (bicyclic) bond motifs is 1. The van der Waals surface area contributed by atoms with Crippen molar-refractivity contribution in [2.45, 2.75) is 6.92 Å². The standard InChI is InChI=1S/C21H14N2O4/c1-13-9-16(26-21(25)15-4-7-22-8-5-15)11-17-19(13)20(24)18(27-17)10-14-3-2-6-23-12-14/h2-12H,1H3/b18-10-. The molecule has 0 saturated carbocycles. The number of aromatic nitrogens is 2. The Morgan fingerprint density at radius 3 is 2.67 bits per heavy atom. The van der Waals surface area contributed by atoms with Crippen LogP contribution in [0.4, 0.5) is 0 Å². The van der Waals surface area contributed by atoms with Crippen LogP contribution < -0.4 is 9.47 Å². The molecule has 0 radical (unpaired) electrons. The maximum Gasteiger partial charge on any atom is 0.343 e. The second kappa shape index (κ2) is 6.84. The summed E-state index contributed by atoms with van der Waals surface area (Å²) in [4.78, 5) is 32.8. The topological polar surface area (TPSA) is 78.4 Å². The number of ether oxygens (including phenoxy) is 2. The number of rotatable bonds is 3. The fourth-order valence-electron chi connectivity index (χ4n) is 2.80. The summed E-state index contributed by atoms with van der Waals surface area (Å²) in [6.45, 7) is 1.77. The van der Waals surface area contributed by atoms with Gasteiger partial charge in [0.1, 0.15) is 11.5 Å². The van der Waals surface area contributed by atoms with Crippen molar-refractivity contribution in [3.63, 3.8) is 0 Å². The van der Waals surface area contributed by atoms with Crippen LogP contribution in [-0.4, -0.2) is 21.7 Å². The summed E-state index contributed by atoms with van der Waals surface area (Å²) >= 11 is 0. The molecule has 132 valence electrons. The zero-order valence-electron chi connectivity index (χ0n) is 14.4. The number of pyridine rings is 2. The first-order chi connectivity index (χ1) is 13.1. The third kappa shape index (κ3) is 3.32. The van der Waals surface area contributed by atoms with Gasteiger partial charge in [-0.25, -0.2) is 4.79 Å². The molecule has 4 rings (SSSR count). The van der Waals surface area contributed by atoms with Crippen LogP contribution >= 0.6 is 0 Å². The van der Waals surface area contributed by atoms with Crippen LogP contribution in [0.15, 0.2) is 66.9 Å². The predicted molar refractivity (Wildman–Crippen MR) is 97.5 cm³/mol. The van der Waals surface area contributed by atoms with Gasteiger partial charge in [-0.1, -0.05) is 6.07 Å². The smallest absolute Gasteiger partial charge is 0.343 e. The monoisotopic (exact) mass is 358 g/mol. The summed E-state index contributed by atoms with van der Waals surface area (Å²) in [5.41, 5.74) is 2.28. The number of benzene rings is 1. The number of ketones is 1. The molecule has 1 aliphatic rings. The quantitative estimate of drug-likeness (QED) is 0.404. The molecule has 0 N–H and O–H groups in total. The first-order valence-corrected chi connectivity index (χ1v) is 8.23. The Hall–Kier alpha value is -3.80. The van der Waals surface area contributed by atoms with Crippen LogP contribution in [0.1, 0.15) is 31.8 Å². The van der Waals surface area contributed by atoms with Crippen molar-refractivity contribution in [2.75, 3.05) is 0 Å². The van der Waals surface area contributed by atoms with E-state index in [0.29, 0.717) is 28.2 Å². The van der Waals surface area contributed by atoms with Gasteiger partial charge in [0.05, 0.1) is 11.1 Å². The molecule has 2 aromatic heterocycles. The number of esters is 1. The van der Waals surface area contributed by atoms with Gasteiger partial charge in [0.2, 0.25) is 5.78 Å². The SMILES string of the molecule is Cc1cc(OC(=O)c2ccncc2)cc2c1C(=O)/C(=C/c1cccnc1)O2. The van der Waals surface area contributed by atoms with Crippen molar-refractivity contribution < 1.29 is 19.1 Å². The molecule has 0 aliphatic carbocycles. The van der Waals surface area contributed by atoms with Crippen molar-refractivity contribution >= 4 is 17.8 Å². The molecule has 1 aromatic carbocycles. The van der Waals surface area contributed by atoms with E-state index in [4.69, 9.17) is 9.47 Å². The summed E-state index contributed by atoms with van der Waals surface area (Å²) in [5, 5.41) is 0. The average molecular weight is 358 g/mol. The Morgan fingerprint density at radius 2 is 1.93 bits per heavy atom. The van der Waals surface area contributed by atoms with Gasteiger partial charge in [0.15, 0.2) is 5.76 Å². The van der Waals surface area contributed by atoms with Gasteiger partial charge in [-0.15, -0.1) is 0 Å². The first kappa shape index (κ1) is 16.7. The van der Waals surface area contributed by atoms with Gasteiger partial charge in [-0.05, 0) is 48.4 Å². The Bertz CT molecular complexity index is 1060. The zero-order chi connectivity index (χ0) is 18.8. The molecule has 0 fully saturated rings. The molecule has 0 spiro atoms. The second-order valence-corrected chi connectivity index (χ2v) is 5.96. The van der Waals surface area contributed by atoms with E-state index in [1.807, 2.05) is 6.07 Å². The maximum absolute atomic E-state index is 12.6. The van der Waals surface area contributed by atoms with Crippen molar-refractivity contribution in [2.24, 2.45) is 0 Å². The van der Waals surface area contributed by atoms with E-state index in [9.17, 15) is 9.59 Å². The van der Waals surface area contributed by atoms with Crippen molar-refractivity contribution in [3.8, 4) is 11.5 Å². The molecule has 1 aliphatic heterocycles. The number of hydrogen-bond acceptors (Lipinski definition) is 6. The minimum atomic E-state index is -0.507. The third-order valence-corrected chi connectivity index (χ3v) is 4.05. The number of allylic oxidation sites excluding steroid dienone is 1. The van der Waals surface area contributed by atoms with E-state index in [1.165, 1.54) is 12.4 Å². The van der Waals surface area contributed by atoms with Crippen molar-refractivity contribution in [1.82, 2.24) is 9.97 Å². The molecule has 6 heteroatoms. The largest absolute Gasteiger partial charge is 0.452 e. The molecule has 3 heterocycles. The van der Waals surface area contributed by atoms with E-state index in [2.05, 4.69) is 9.97 Å². The highest BCUT2D eigenvalue weighted by Crippen LogP contribution is 2.37. The zero-order valence-corrected chi connectivity index (χ0v) is 14.4. The molecular formula is C21H14N2O4. The first-order valence-electron chi connectivity index (χ1n) is 8.23. The van der Waals surface area contributed by atoms with Crippen LogP contribution in [-0.2, 0) is 0 Å². The van der Waals surface area contributed by atoms with Crippen molar-refractivity contribution in [1.29, 1.82) is 0 Å². The van der Waals surface area contributed by atoms with Gasteiger partial charge in [-0.3, -0.25) is 14.8 Å². The highest BCUT2D eigenvalue weighted by atomic mass is 16.5. The van der Waals surface area contributed by atoms with Crippen LogP contribution in [0.2, 0.25) is 0 Å². The van der Waals surface area contributed by atoms with Crippen LogP contribution in [0, 0.1) is 6.92 Å². The van der Waals surface area contributed by atoms with Gasteiger partial charge in [-0.2, -0.15) is 0 Å². The van der Waals surface area contributed by atoms with E-state index in [0.717, 1.165) is 5.56 Å². The van der Waals surface area contributed by atoms with Gasteiger partial charge in [0, 0.05) is 30.9 Å². The minimum absolute atomic E-state index is 0.207. The number of carbonyl (C=O) groups excluding carboxylic acids is 2. The molecule has 0 saturated heterocycles. The lowest BCUT2D eigenvalue weighted by atomic mass is 10.0. The fraction of sp³-hybridized carbons (Fsp3) is 0.0476. The molecule has 0 unspecified atom stereocenters. The highest BCUT2D eigenvalue weighted by molar-refractivity contribution is 6.15. The molecule has 0 atom stereocenters. The second-order valence-electron chi connectivity index (χ2n) is 5.96. The third-order valence-electron chi connectivity index (χ3n) is 4.05. The molecular weight excluding hydrogens is 344 g/mol. The molecule has 6 nitrogen and oxygen atoms in total. The van der Waals surface area contributed by atoms with Gasteiger partial charge >= 0.3 is 5.97 Å². The maximum atomic E-state index is 12.6. The molecule has 0 bridgehead atoms. The lowest BCUT2D eigenvalue weighted by Crippen LogP contribution is -2.08. The molecule has 0 amide bonds. The minimum Gasteiger partial charge on any atom is -0.452 e. The number of carbonyl (C=O) groups is 2. The van der Waals surface area contributed by atoms with E-state index in [1.54, 1.807) is 55.7 Å². The fourth-order valence-corrected chi connectivity index (χ4v) is 2.80. The Kier molecular flexibility index (Phi) is 4.22. The molecule has 3 aromatic rings. The summed E-state index contributed by atoms with van der Waals surface area (Å²) in [5.74, 6) is 0.167. The van der Waals surface area contributed by atoms with Gasteiger partial charge < -0.3 is 9.47 Å². The summed E-state index contributed by atoms with van der Waals surface area (Å²) in [7, 11) is 0. The van der Waals surface area contributed by atoms with E-state index in [-0.39, 0.29) is 11.5 Å². The Morgan fingerprint density at radius 1 is 1.11 bits per heavy atom. The summed E-state index contributed by atoms with van der Waals surface area (Å²) in [6, 6.07) is 9.93. The number of hydrogen-bond donors (Lipinski definition) is 0. The summed E-state index contributed by atoms with van der Waals surface area (Å²) < 4.78 is 11.1. The van der Waals surface area contributed by atoms with Gasteiger partial charge in [0.25, 0.3) is 0 Å². The van der Waals surface area contributed by atoms with Crippen molar-refractivity contribution in [3.05, 3.63) is 89.2 Å². The number of Topliss-reactive ketones (excluding diaryl/α,β-unsaturated/α-hetero) is 1. The van der Waals surface area contributed by atoms with Crippen LogP contribution in [0.3, 0.4) is 0 Å². The van der Waals surface area contributed by atoms with E-state index < -0.39 is 5.97 Å². The Balaban J connectivity index is 1.62. The average Bonchev–Trinajstić information content (AvgIpc) is 2.99. The predicted octanol–water partition coefficient (Wildman–Crippen LogP) is 3.62. The van der Waals surface area contributed by atoms with Crippen LogP contribution in [0.25, 0.3) is 6.08 Å². The molecule has 27 heavy (non-hydrogen) atoms. The number of nitrogens with zero attached hydrogens (tertiary/aromatic N) is 2. The lowest BCUT2D eigenvalue weighted by Gasteiger charge is -2.07.